The van der Waals surface area contributed by atoms with Gasteiger partial charge in [-0.05, 0) is 24.0 Å². The van der Waals surface area contributed by atoms with Gasteiger partial charge in [0.25, 0.3) is 0 Å². The van der Waals surface area contributed by atoms with Crippen molar-refractivity contribution in [1.29, 1.82) is 5.41 Å². The molecule has 0 saturated carbocycles. The molecule has 10 heteroatoms. The number of carbonyl (C=O) groups excluding carboxylic acids is 1. The van der Waals surface area contributed by atoms with Crippen LogP contribution >= 0.6 is 11.8 Å². The molecule has 0 saturated heterocycles. The van der Waals surface area contributed by atoms with Crippen molar-refractivity contribution in [2.75, 3.05) is 51.0 Å². The second-order valence-electron chi connectivity index (χ2n) is 6.46. The van der Waals surface area contributed by atoms with E-state index in [1.54, 1.807) is 6.92 Å². The number of benzene rings is 1. The van der Waals surface area contributed by atoms with Crippen molar-refractivity contribution in [1.82, 2.24) is 5.32 Å². The van der Waals surface area contributed by atoms with E-state index < -0.39 is 17.8 Å². The van der Waals surface area contributed by atoms with Gasteiger partial charge in [-0.25, -0.2) is 9.69 Å². The maximum atomic E-state index is 13.0. The third-order valence-corrected chi connectivity index (χ3v) is 4.56. The third-order valence-electron chi connectivity index (χ3n) is 3.82. The normalized spacial score (nSPS) is 12.0. The molecule has 0 fully saturated rings. The Morgan fingerprint density at radius 1 is 1.33 bits per heavy atom. The first-order valence-corrected chi connectivity index (χ1v) is 9.40. The van der Waals surface area contributed by atoms with Gasteiger partial charge in [-0.2, -0.15) is 13.2 Å². The van der Waals surface area contributed by atoms with E-state index in [1.807, 2.05) is 14.1 Å². The van der Waals surface area contributed by atoms with Crippen LogP contribution in [-0.4, -0.2) is 66.9 Å². The topological polar surface area (TPSA) is 76.4 Å². The SMILES string of the molecule is CCSC(=N)N(C(=O)NCC[N+](C)(C)CCO)c1cccc(C(F)(F)F)c1. The lowest BCUT2D eigenvalue weighted by molar-refractivity contribution is -0.889. The first-order chi connectivity index (χ1) is 12.5. The summed E-state index contributed by atoms with van der Waals surface area (Å²) in [7, 11) is 3.78. The minimum absolute atomic E-state index is 0.00902. The number of aliphatic hydroxyl groups excluding tert-OH is 1. The molecular weight excluding hydrogens is 381 g/mol. The van der Waals surface area contributed by atoms with Crippen LogP contribution in [0.2, 0.25) is 0 Å². The largest absolute Gasteiger partial charge is 0.416 e. The molecule has 0 heterocycles. The number of halogens is 3. The van der Waals surface area contributed by atoms with Gasteiger partial charge in [-0.15, -0.1) is 0 Å². The molecule has 1 aromatic rings. The molecular formula is C17H26F3N4O2S+. The van der Waals surface area contributed by atoms with Crippen molar-refractivity contribution in [2.45, 2.75) is 13.1 Å². The molecule has 6 nitrogen and oxygen atoms in total. The smallest absolute Gasteiger partial charge is 0.391 e. The first-order valence-electron chi connectivity index (χ1n) is 8.41. The number of nitrogens with one attached hydrogen (secondary N) is 2. The Morgan fingerprint density at radius 3 is 2.56 bits per heavy atom. The number of nitrogens with zero attached hydrogens (tertiary/aromatic N) is 2. The summed E-state index contributed by atoms with van der Waals surface area (Å²) in [4.78, 5) is 13.5. The Hall–Kier alpha value is -1.78. The van der Waals surface area contributed by atoms with Crippen molar-refractivity contribution in [2.24, 2.45) is 0 Å². The van der Waals surface area contributed by atoms with E-state index in [0.29, 0.717) is 23.3 Å². The van der Waals surface area contributed by atoms with Crippen LogP contribution in [0.25, 0.3) is 0 Å². The van der Waals surface area contributed by atoms with Gasteiger partial charge in [0.1, 0.15) is 6.54 Å². The molecule has 152 valence electrons. The maximum absolute atomic E-state index is 13.0. The average molecular weight is 407 g/mol. The number of alkyl halides is 3. The Labute approximate surface area is 161 Å². The molecule has 0 radical (unpaired) electrons. The van der Waals surface area contributed by atoms with E-state index in [0.717, 1.165) is 28.8 Å². The van der Waals surface area contributed by atoms with Gasteiger partial charge in [0.2, 0.25) is 0 Å². The number of aliphatic hydroxyl groups is 1. The lowest BCUT2D eigenvalue weighted by Gasteiger charge is -2.30. The van der Waals surface area contributed by atoms with Crippen molar-refractivity contribution in [3.05, 3.63) is 29.8 Å². The van der Waals surface area contributed by atoms with E-state index in [-0.39, 0.29) is 24.0 Å². The fourth-order valence-electron chi connectivity index (χ4n) is 2.28. The number of hydrogen-bond acceptors (Lipinski definition) is 4. The molecule has 27 heavy (non-hydrogen) atoms. The number of amidine groups is 1. The van der Waals surface area contributed by atoms with E-state index >= 15 is 0 Å². The highest BCUT2D eigenvalue weighted by Gasteiger charge is 2.32. The zero-order valence-electron chi connectivity index (χ0n) is 15.6. The van der Waals surface area contributed by atoms with Crippen molar-refractivity contribution < 1.29 is 27.6 Å². The third kappa shape index (κ3) is 7.39. The van der Waals surface area contributed by atoms with Gasteiger partial charge in [0.05, 0.1) is 45.0 Å². The molecule has 1 rings (SSSR count). The highest BCUT2D eigenvalue weighted by molar-refractivity contribution is 8.14. The molecule has 0 aromatic heterocycles. The van der Waals surface area contributed by atoms with Crippen LogP contribution in [-0.2, 0) is 6.18 Å². The number of amides is 2. The molecule has 2 amide bonds. The standard InChI is InChI=1S/C17H25F3N4O2S/c1-4-27-15(21)23(14-7-5-6-13(12-14)17(18,19)20)16(26)22-8-9-24(2,3)10-11-25/h5-7,12,21,25H,4,8-11H2,1-3H3/p+1. The van der Waals surface area contributed by atoms with Crippen LogP contribution in [0.3, 0.4) is 0 Å². The van der Waals surface area contributed by atoms with Gasteiger partial charge in [-0.3, -0.25) is 5.41 Å². The molecule has 0 atom stereocenters. The molecule has 1 aromatic carbocycles. The number of urea groups is 1. The Kier molecular flexibility index (Phi) is 8.58. The lowest BCUT2D eigenvalue weighted by atomic mass is 10.2. The monoisotopic (exact) mass is 407 g/mol. The highest BCUT2D eigenvalue weighted by atomic mass is 32.2. The summed E-state index contributed by atoms with van der Waals surface area (Å²) in [5.41, 5.74) is -0.898. The molecule has 0 aliphatic heterocycles. The van der Waals surface area contributed by atoms with Crippen LogP contribution in [0.1, 0.15) is 12.5 Å². The van der Waals surface area contributed by atoms with Crippen molar-refractivity contribution in [3.63, 3.8) is 0 Å². The molecule has 0 bridgehead atoms. The van der Waals surface area contributed by atoms with Crippen molar-refractivity contribution >= 4 is 28.6 Å². The first kappa shape index (κ1) is 23.3. The summed E-state index contributed by atoms with van der Waals surface area (Å²) in [6, 6.07) is 3.69. The van der Waals surface area contributed by atoms with Gasteiger partial charge in [0.15, 0.2) is 5.17 Å². The van der Waals surface area contributed by atoms with Gasteiger partial charge in [-0.1, -0.05) is 24.8 Å². The molecule has 0 unspecified atom stereocenters. The van der Waals surface area contributed by atoms with Gasteiger partial charge < -0.3 is 14.9 Å². The van der Waals surface area contributed by atoms with Gasteiger partial charge >= 0.3 is 12.2 Å². The number of thioether (sulfide) groups is 1. The highest BCUT2D eigenvalue weighted by Crippen LogP contribution is 2.32. The molecule has 0 aliphatic rings. The van der Waals surface area contributed by atoms with Crippen LogP contribution in [0.4, 0.5) is 23.7 Å². The summed E-state index contributed by atoms with van der Waals surface area (Å²) in [5, 5.41) is 19.6. The summed E-state index contributed by atoms with van der Waals surface area (Å²) in [5.74, 6) is 0.502. The predicted octanol–water partition coefficient (Wildman–Crippen LogP) is 2.98. The van der Waals surface area contributed by atoms with E-state index in [4.69, 9.17) is 10.5 Å². The summed E-state index contributed by atoms with van der Waals surface area (Å²) in [6.07, 6.45) is -4.54. The summed E-state index contributed by atoms with van der Waals surface area (Å²) >= 11 is 1.05. The summed E-state index contributed by atoms with van der Waals surface area (Å²) in [6.45, 7) is 3.09. The quantitative estimate of drug-likeness (QED) is 0.370. The van der Waals surface area contributed by atoms with E-state index in [1.165, 1.54) is 12.1 Å². The molecule has 0 spiro atoms. The van der Waals surface area contributed by atoms with E-state index in [9.17, 15) is 18.0 Å². The number of anilines is 1. The minimum Gasteiger partial charge on any atom is -0.391 e. The predicted molar refractivity (Wildman–Crippen MR) is 102 cm³/mol. The van der Waals surface area contributed by atoms with E-state index in [2.05, 4.69) is 5.32 Å². The van der Waals surface area contributed by atoms with Crippen molar-refractivity contribution in [3.8, 4) is 0 Å². The number of likely N-dealkylation sites (N-methyl/N-ethyl adjacent to an activating group) is 1. The summed E-state index contributed by atoms with van der Waals surface area (Å²) < 4.78 is 39.4. The fraction of sp³-hybridized carbons (Fsp3) is 0.529. The average Bonchev–Trinajstić information content (AvgIpc) is 2.54. The van der Waals surface area contributed by atoms with Crippen LogP contribution in [0.5, 0.6) is 0 Å². The Balaban J connectivity index is 2.98. The van der Waals surface area contributed by atoms with Crippen LogP contribution in [0, 0.1) is 5.41 Å². The zero-order valence-corrected chi connectivity index (χ0v) is 16.5. The molecule has 0 aliphatic carbocycles. The van der Waals surface area contributed by atoms with Gasteiger partial charge in [0, 0.05) is 0 Å². The Morgan fingerprint density at radius 2 is 2.00 bits per heavy atom. The second-order valence-corrected chi connectivity index (χ2v) is 7.71. The minimum atomic E-state index is -4.54. The van der Waals surface area contributed by atoms with Crippen LogP contribution in [0.15, 0.2) is 24.3 Å². The maximum Gasteiger partial charge on any atom is 0.416 e. The number of quaternary nitrogens is 1. The number of hydrogen-bond donors (Lipinski definition) is 3. The lowest BCUT2D eigenvalue weighted by Crippen LogP contribution is -2.50. The number of carbonyl (C=O) groups is 1. The van der Waals surface area contributed by atoms with Crippen LogP contribution < -0.4 is 10.2 Å². The number of rotatable bonds is 7. The second kappa shape index (κ2) is 9.95. The zero-order chi connectivity index (χ0) is 20.7. The Bertz CT molecular complexity index is 653. The molecule has 3 N–H and O–H groups in total. The fourth-order valence-corrected chi connectivity index (χ4v) is 2.87.